The van der Waals surface area contributed by atoms with Crippen LogP contribution >= 0.6 is 0 Å². The Labute approximate surface area is 29.0 Å². The van der Waals surface area contributed by atoms with E-state index in [0.29, 0.717) is 0 Å². The van der Waals surface area contributed by atoms with Crippen molar-refractivity contribution in [3.8, 4) is 6.19 Å². The zero-order valence-electron chi connectivity index (χ0n) is 2.43. The van der Waals surface area contributed by atoms with Gasteiger partial charge in [0.25, 0.3) is 0 Å². The van der Waals surface area contributed by atoms with Gasteiger partial charge in [0.15, 0.2) is 0 Å². The minimum Gasteiger partial charge on any atom is -0.189 e. The van der Waals surface area contributed by atoms with Gasteiger partial charge in [0, 0.05) is 0 Å². The van der Waals surface area contributed by atoms with Gasteiger partial charge >= 0.3 is 0 Å². The van der Waals surface area contributed by atoms with E-state index in [1.807, 2.05) is 0 Å². The average Bonchev–Trinajstić information content (AvgIpc) is 1.41. The van der Waals surface area contributed by atoms with Gasteiger partial charge in [0.2, 0.25) is 6.19 Å². The van der Waals surface area contributed by atoms with Gasteiger partial charge in [-0.2, -0.15) is 21.6 Å². The molecule has 0 aliphatic rings. The van der Waals surface area contributed by atoms with Crippen LogP contribution in [0.25, 0.3) is 0 Å². The molecule has 3 N–H and O–H groups in total. The minimum absolute atomic E-state index is 1.42. The normalized spacial score (nSPS) is 5.60. The molecule has 0 aromatic rings. The molecule has 0 fully saturated rings. The topological polar surface area (TPSA) is 71.1 Å². The number of nitriles is 1. The first kappa shape index (κ1) is 4.21. The lowest BCUT2D eigenvalue weighted by Gasteiger charge is -1.78. The summed E-state index contributed by atoms with van der Waals surface area (Å²) < 4.78 is 0. The highest BCUT2D eigenvalue weighted by molar-refractivity contribution is 4.51. The van der Waals surface area contributed by atoms with Gasteiger partial charge in [-0.25, -0.2) is 0 Å². The SMILES string of the molecule is N#CNON. The molecule has 0 aliphatic carbocycles. The largest absolute Gasteiger partial charge is 0.204 e. The molecule has 0 radical (unpaired) electrons. The first-order valence-corrected chi connectivity index (χ1v) is 0.913. The Hall–Kier alpha value is -0.790. The second-order valence-electron chi connectivity index (χ2n) is 0.332. The molecular formula is CH3N3O. The molecule has 0 unspecified atom stereocenters. The molecule has 0 aromatic carbocycles. The Morgan fingerprint density at radius 3 is 2.60 bits per heavy atom. The molecule has 0 saturated heterocycles. The van der Waals surface area contributed by atoms with Crippen LogP contribution < -0.4 is 11.4 Å². The van der Waals surface area contributed by atoms with Gasteiger partial charge in [0.05, 0.1) is 0 Å². The summed E-state index contributed by atoms with van der Waals surface area (Å²) in [5.41, 5.74) is 1.69. The van der Waals surface area contributed by atoms with Crippen molar-refractivity contribution in [2.75, 3.05) is 0 Å². The van der Waals surface area contributed by atoms with E-state index in [1.54, 1.807) is 5.48 Å². The van der Waals surface area contributed by atoms with Gasteiger partial charge in [-0.1, -0.05) is 0 Å². The molecular weight excluding hydrogens is 70.0 g/mol. The average molecular weight is 73.1 g/mol. The van der Waals surface area contributed by atoms with Crippen molar-refractivity contribution < 1.29 is 4.94 Å². The maximum Gasteiger partial charge on any atom is 0.204 e. The van der Waals surface area contributed by atoms with E-state index in [4.69, 9.17) is 5.26 Å². The molecule has 28 valence electrons. The third-order valence-corrected chi connectivity index (χ3v) is 0.105. The maximum atomic E-state index is 7.50. The molecule has 0 aliphatic heterocycles. The summed E-state index contributed by atoms with van der Waals surface area (Å²) >= 11 is 0. The minimum atomic E-state index is 1.42. The zero-order valence-corrected chi connectivity index (χ0v) is 2.43. The van der Waals surface area contributed by atoms with Crippen LogP contribution in [0.2, 0.25) is 0 Å². The second kappa shape index (κ2) is 3.21. The Morgan fingerprint density at radius 1 is 2.00 bits per heavy atom. The van der Waals surface area contributed by atoms with Crippen molar-refractivity contribution in [3.63, 3.8) is 0 Å². The van der Waals surface area contributed by atoms with E-state index < -0.39 is 0 Å². The maximum absolute atomic E-state index is 7.50. The van der Waals surface area contributed by atoms with E-state index >= 15 is 0 Å². The van der Waals surface area contributed by atoms with Crippen molar-refractivity contribution >= 4 is 0 Å². The summed E-state index contributed by atoms with van der Waals surface area (Å²) in [5, 5.41) is 7.50. The number of hydrogen-bond acceptors (Lipinski definition) is 4. The highest BCUT2D eigenvalue weighted by Gasteiger charge is 1.55. The quantitative estimate of drug-likeness (QED) is 0.234. The summed E-state index contributed by atoms with van der Waals surface area (Å²) in [5.74, 6) is 4.31. The second-order valence-corrected chi connectivity index (χ2v) is 0.332. The molecule has 0 rings (SSSR count). The molecule has 0 amide bonds. The van der Waals surface area contributed by atoms with Crippen molar-refractivity contribution in [3.05, 3.63) is 0 Å². The first-order valence-electron chi connectivity index (χ1n) is 0.913. The molecule has 0 aromatic heterocycles. The molecule has 0 heterocycles. The molecule has 0 spiro atoms. The number of nitrogens with zero attached hydrogens (tertiary/aromatic N) is 1. The number of hydroxylamine groups is 1. The number of rotatable bonds is 1. The molecule has 4 nitrogen and oxygen atoms in total. The summed E-state index contributed by atoms with van der Waals surface area (Å²) in [6, 6.07) is 0. The Kier molecular flexibility index (Phi) is 2.70. The van der Waals surface area contributed by atoms with Crippen LogP contribution in [0.5, 0.6) is 0 Å². The Balaban J connectivity index is 2.48. The van der Waals surface area contributed by atoms with Crippen LogP contribution in [0.15, 0.2) is 0 Å². The summed E-state index contributed by atoms with van der Waals surface area (Å²) in [7, 11) is 0. The van der Waals surface area contributed by atoms with Gasteiger partial charge < -0.3 is 0 Å². The van der Waals surface area contributed by atoms with E-state index in [2.05, 4.69) is 10.8 Å². The molecule has 4 heteroatoms. The van der Waals surface area contributed by atoms with E-state index in [9.17, 15) is 0 Å². The fraction of sp³-hybridized carbons (Fsp3) is 0. The lowest BCUT2D eigenvalue weighted by Crippen LogP contribution is -2.11. The van der Waals surface area contributed by atoms with E-state index in [-0.39, 0.29) is 0 Å². The van der Waals surface area contributed by atoms with Crippen LogP contribution in [-0.4, -0.2) is 0 Å². The smallest absolute Gasteiger partial charge is 0.189 e. The number of nitrogens with one attached hydrogen (secondary N) is 1. The van der Waals surface area contributed by atoms with Crippen molar-refractivity contribution in [2.45, 2.75) is 0 Å². The van der Waals surface area contributed by atoms with Crippen LogP contribution in [0.4, 0.5) is 0 Å². The lowest BCUT2D eigenvalue weighted by molar-refractivity contribution is 0.0778. The van der Waals surface area contributed by atoms with Crippen molar-refractivity contribution in [1.29, 1.82) is 5.26 Å². The van der Waals surface area contributed by atoms with E-state index in [0.717, 1.165) is 0 Å². The van der Waals surface area contributed by atoms with Crippen LogP contribution in [0.3, 0.4) is 0 Å². The van der Waals surface area contributed by atoms with Crippen LogP contribution in [0.1, 0.15) is 0 Å². The summed E-state index contributed by atoms with van der Waals surface area (Å²) in [6.45, 7) is 0. The lowest BCUT2D eigenvalue weighted by atomic mass is 11.4. The molecule has 0 atom stereocenters. The molecule has 0 bridgehead atoms. The third kappa shape index (κ3) is 3.21. The van der Waals surface area contributed by atoms with Crippen LogP contribution in [0, 0.1) is 11.5 Å². The van der Waals surface area contributed by atoms with E-state index in [1.165, 1.54) is 6.19 Å². The Morgan fingerprint density at radius 2 is 2.60 bits per heavy atom. The Bertz CT molecular complexity index is 45.3. The molecule has 0 saturated carbocycles. The third-order valence-electron chi connectivity index (χ3n) is 0.105. The highest BCUT2D eigenvalue weighted by Crippen LogP contribution is 1.31. The number of nitrogens with two attached hydrogens (primary N) is 1. The monoisotopic (exact) mass is 73.0 g/mol. The van der Waals surface area contributed by atoms with Crippen molar-refractivity contribution in [1.82, 2.24) is 5.48 Å². The predicted octanol–water partition coefficient (Wildman–Crippen LogP) is -1.14. The number of hydrogen-bond donors (Lipinski definition) is 2. The van der Waals surface area contributed by atoms with Gasteiger partial charge in [-0.05, 0) is 0 Å². The van der Waals surface area contributed by atoms with Gasteiger partial charge in [-0.3, -0.25) is 0 Å². The first-order chi connectivity index (χ1) is 2.41. The summed E-state index contributed by atoms with van der Waals surface area (Å²) in [6.07, 6.45) is 1.42. The van der Waals surface area contributed by atoms with Crippen LogP contribution in [-0.2, 0) is 4.94 Å². The molecule has 5 heavy (non-hydrogen) atoms. The predicted molar refractivity (Wildman–Crippen MR) is 14.0 cm³/mol. The van der Waals surface area contributed by atoms with Gasteiger partial charge in [-0.15, -0.1) is 0 Å². The standard InChI is InChI=1S/CH3N3O/c2-1-4-5-3/h4H,3H2. The zero-order chi connectivity index (χ0) is 4.12. The fourth-order valence-corrected chi connectivity index (χ4v) is 0.0264. The highest BCUT2D eigenvalue weighted by atomic mass is 16.8. The summed E-state index contributed by atoms with van der Waals surface area (Å²) in [4.78, 5) is 3.58. The fourth-order valence-electron chi connectivity index (χ4n) is 0.0264. The van der Waals surface area contributed by atoms with Crippen molar-refractivity contribution in [2.24, 2.45) is 5.90 Å². The van der Waals surface area contributed by atoms with Gasteiger partial charge in [0.1, 0.15) is 0 Å².